The van der Waals surface area contributed by atoms with Crippen LogP contribution in [-0.2, 0) is 0 Å². The summed E-state index contributed by atoms with van der Waals surface area (Å²) in [6.07, 6.45) is 0. The molecule has 0 aliphatic carbocycles. The molecular formula is C13H21ClSi. The maximum absolute atomic E-state index is 6.10. The van der Waals surface area contributed by atoms with E-state index in [1.807, 2.05) is 0 Å². The zero-order valence-corrected chi connectivity index (χ0v) is 11.9. The minimum Gasteiger partial charge on any atom is -0.126 e. The number of rotatable bonds is 4. The number of aryl methyl sites for hydroxylation is 1. The van der Waals surface area contributed by atoms with Gasteiger partial charge in [-0.3, -0.25) is 0 Å². The summed E-state index contributed by atoms with van der Waals surface area (Å²) in [5.74, 6) is 1.29. The second kappa shape index (κ2) is 5.18. The molecule has 0 amide bonds. The molecule has 0 nitrogen and oxygen atoms in total. The molecule has 1 atom stereocenters. The van der Waals surface area contributed by atoms with Gasteiger partial charge in [0.1, 0.15) is 0 Å². The summed E-state index contributed by atoms with van der Waals surface area (Å²) < 4.78 is 0. The van der Waals surface area contributed by atoms with Crippen molar-refractivity contribution in [3.05, 3.63) is 35.4 Å². The van der Waals surface area contributed by atoms with Crippen molar-refractivity contribution in [1.29, 1.82) is 0 Å². The zero-order chi connectivity index (χ0) is 11.5. The van der Waals surface area contributed by atoms with Gasteiger partial charge in [-0.25, -0.2) is 0 Å². The molecule has 15 heavy (non-hydrogen) atoms. The smallest absolute Gasteiger partial charge is 0.0449 e. The Morgan fingerprint density at radius 1 is 1.20 bits per heavy atom. The highest BCUT2D eigenvalue weighted by molar-refractivity contribution is 6.76. The topological polar surface area (TPSA) is 0 Å². The van der Waals surface area contributed by atoms with E-state index in [2.05, 4.69) is 50.8 Å². The van der Waals surface area contributed by atoms with Crippen LogP contribution in [0.2, 0.25) is 25.7 Å². The van der Waals surface area contributed by atoms with E-state index < -0.39 is 8.07 Å². The monoisotopic (exact) mass is 240 g/mol. The Morgan fingerprint density at radius 3 is 2.27 bits per heavy atom. The van der Waals surface area contributed by atoms with Crippen LogP contribution in [-0.4, -0.2) is 14.0 Å². The number of benzene rings is 1. The highest BCUT2D eigenvalue weighted by Gasteiger charge is 2.21. The molecular weight excluding hydrogens is 220 g/mol. The minimum atomic E-state index is -1.03. The third kappa shape index (κ3) is 4.00. The van der Waals surface area contributed by atoms with Crippen LogP contribution in [0, 0.1) is 6.92 Å². The van der Waals surface area contributed by atoms with Crippen LogP contribution in [0.3, 0.4) is 0 Å². The molecule has 0 bridgehead atoms. The summed E-state index contributed by atoms with van der Waals surface area (Å²) in [6, 6.07) is 9.90. The number of hydrogen-bond donors (Lipinski definition) is 0. The lowest BCUT2D eigenvalue weighted by Gasteiger charge is -2.24. The summed E-state index contributed by atoms with van der Waals surface area (Å²) in [5, 5.41) is 0. The first-order valence-corrected chi connectivity index (χ1v) is 9.79. The predicted octanol–water partition coefficient (Wildman–Crippen LogP) is 4.66. The highest BCUT2D eigenvalue weighted by Crippen LogP contribution is 2.29. The summed E-state index contributed by atoms with van der Waals surface area (Å²) in [5.41, 5.74) is 2.82. The molecule has 0 N–H and O–H groups in total. The first kappa shape index (κ1) is 12.8. The van der Waals surface area contributed by atoms with E-state index in [-0.39, 0.29) is 0 Å². The molecule has 84 valence electrons. The number of halogens is 1. The normalized spacial score (nSPS) is 13.9. The van der Waals surface area contributed by atoms with Crippen LogP contribution in [0.4, 0.5) is 0 Å². The molecule has 0 aliphatic heterocycles. The second-order valence-electron chi connectivity index (χ2n) is 5.47. The predicted molar refractivity (Wildman–Crippen MR) is 72.8 cm³/mol. The first-order valence-electron chi connectivity index (χ1n) is 5.55. The summed E-state index contributed by atoms with van der Waals surface area (Å²) in [6.45, 7) is 9.40. The maximum atomic E-state index is 6.10. The Balaban J connectivity index is 2.88. The molecule has 2 heteroatoms. The Kier molecular flexibility index (Phi) is 4.41. The van der Waals surface area contributed by atoms with Gasteiger partial charge < -0.3 is 0 Å². The lowest BCUT2D eigenvalue weighted by atomic mass is 9.98. The molecule has 0 heterocycles. The molecule has 0 saturated heterocycles. The van der Waals surface area contributed by atoms with Crippen molar-refractivity contribution in [3.8, 4) is 0 Å². The van der Waals surface area contributed by atoms with Gasteiger partial charge in [0.25, 0.3) is 0 Å². The fourth-order valence-corrected chi connectivity index (χ4v) is 4.33. The van der Waals surface area contributed by atoms with Crippen molar-refractivity contribution in [2.75, 3.05) is 5.88 Å². The lowest BCUT2D eigenvalue weighted by molar-refractivity contribution is 0.844. The lowest BCUT2D eigenvalue weighted by Crippen LogP contribution is -2.24. The third-order valence-electron chi connectivity index (χ3n) is 2.67. The third-order valence-corrected chi connectivity index (χ3v) is 4.76. The SMILES string of the molecule is Cc1ccccc1C(CCl)C[Si](C)(C)C. The average molecular weight is 241 g/mol. The summed E-state index contributed by atoms with van der Waals surface area (Å²) in [4.78, 5) is 0. The van der Waals surface area contributed by atoms with Gasteiger partial charge in [0.05, 0.1) is 0 Å². The molecule has 0 saturated carbocycles. The van der Waals surface area contributed by atoms with Crippen molar-refractivity contribution >= 4 is 19.7 Å². The van der Waals surface area contributed by atoms with E-state index >= 15 is 0 Å². The van der Waals surface area contributed by atoms with Gasteiger partial charge in [-0.1, -0.05) is 43.9 Å². The molecule has 0 aromatic heterocycles. The number of alkyl halides is 1. The van der Waals surface area contributed by atoms with Crippen LogP contribution in [0.15, 0.2) is 24.3 Å². The number of hydrogen-bond acceptors (Lipinski definition) is 0. The fourth-order valence-electron chi connectivity index (χ4n) is 2.03. The van der Waals surface area contributed by atoms with Crippen LogP contribution in [0.25, 0.3) is 0 Å². The molecule has 0 fully saturated rings. The van der Waals surface area contributed by atoms with E-state index in [1.165, 1.54) is 17.2 Å². The van der Waals surface area contributed by atoms with E-state index in [0.717, 1.165) is 5.88 Å². The van der Waals surface area contributed by atoms with Gasteiger partial charge in [-0.15, -0.1) is 11.6 Å². The quantitative estimate of drug-likeness (QED) is 0.531. The van der Waals surface area contributed by atoms with Crippen molar-refractivity contribution < 1.29 is 0 Å². The Morgan fingerprint density at radius 2 is 1.80 bits per heavy atom. The average Bonchev–Trinajstić information content (AvgIpc) is 2.14. The molecule has 0 radical (unpaired) electrons. The van der Waals surface area contributed by atoms with Crippen LogP contribution >= 0.6 is 11.6 Å². The largest absolute Gasteiger partial charge is 0.126 e. The Bertz CT molecular complexity index is 315. The maximum Gasteiger partial charge on any atom is 0.0449 e. The van der Waals surface area contributed by atoms with E-state index in [1.54, 1.807) is 0 Å². The first-order chi connectivity index (χ1) is 6.94. The van der Waals surface area contributed by atoms with Gasteiger partial charge in [0.15, 0.2) is 0 Å². The van der Waals surface area contributed by atoms with Crippen LogP contribution in [0.1, 0.15) is 17.0 Å². The summed E-state index contributed by atoms with van der Waals surface area (Å²) in [7, 11) is -1.03. The highest BCUT2D eigenvalue weighted by atomic mass is 35.5. The van der Waals surface area contributed by atoms with E-state index in [9.17, 15) is 0 Å². The molecule has 1 unspecified atom stereocenters. The molecule has 1 aromatic carbocycles. The summed E-state index contributed by atoms with van der Waals surface area (Å²) >= 11 is 6.10. The van der Waals surface area contributed by atoms with Gasteiger partial charge in [0.2, 0.25) is 0 Å². The van der Waals surface area contributed by atoms with Gasteiger partial charge in [-0.2, -0.15) is 0 Å². The second-order valence-corrected chi connectivity index (χ2v) is 11.3. The molecule has 0 aliphatic rings. The Labute approximate surface area is 99.7 Å². The molecule has 0 spiro atoms. The van der Waals surface area contributed by atoms with Gasteiger partial charge in [0, 0.05) is 14.0 Å². The van der Waals surface area contributed by atoms with Crippen LogP contribution < -0.4 is 0 Å². The van der Waals surface area contributed by atoms with Gasteiger partial charge >= 0.3 is 0 Å². The van der Waals surface area contributed by atoms with E-state index in [4.69, 9.17) is 11.6 Å². The van der Waals surface area contributed by atoms with E-state index in [0.29, 0.717) is 5.92 Å². The van der Waals surface area contributed by atoms with Crippen molar-refractivity contribution in [2.45, 2.75) is 38.5 Å². The fraction of sp³-hybridized carbons (Fsp3) is 0.538. The standard InChI is InChI=1S/C13H21ClSi/c1-11-7-5-6-8-13(11)12(9-14)10-15(2,3)4/h5-8,12H,9-10H2,1-4H3. The van der Waals surface area contributed by atoms with Crippen LogP contribution in [0.5, 0.6) is 0 Å². The zero-order valence-electron chi connectivity index (χ0n) is 10.2. The van der Waals surface area contributed by atoms with Gasteiger partial charge in [-0.05, 0) is 30.0 Å². The Hall–Kier alpha value is -0.273. The van der Waals surface area contributed by atoms with Crippen molar-refractivity contribution in [1.82, 2.24) is 0 Å². The minimum absolute atomic E-state index is 0.541. The molecule has 1 aromatic rings. The van der Waals surface area contributed by atoms with Crippen molar-refractivity contribution in [2.24, 2.45) is 0 Å². The molecule has 1 rings (SSSR count). The van der Waals surface area contributed by atoms with Crippen molar-refractivity contribution in [3.63, 3.8) is 0 Å².